The highest BCUT2D eigenvalue weighted by Crippen LogP contribution is 2.39. The fraction of sp³-hybridized carbons (Fsp3) is 0. The van der Waals surface area contributed by atoms with E-state index in [0.717, 1.165) is 22.7 Å². The molecule has 2 nitrogen and oxygen atoms in total. The molecule has 0 unspecified atom stereocenters. The van der Waals surface area contributed by atoms with Crippen LogP contribution in [0.25, 0.3) is 21.9 Å². The summed E-state index contributed by atoms with van der Waals surface area (Å²) in [4.78, 5) is 2.33. The number of benzene rings is 6. The van der Waals surface area contributed by atoms with Crippen molar-refractivity contribution < 1.29 is 0 Å². The van der Waals surface area contributed by atoms with Gasteiger partial charge in [-0.3, -0.25) is 0 Å². The lowest BCUT2D eigenvalue weighted by molar-refractivity contribution is 1.30. The van der Waals surface area contributed by atoms with Crippen LogP contribution in [0, 0.1) is 0 Å². The van der Waals surface area contributed by atoms with Crippen LogP contribution in [0.4, 0.5) is 28.4 Å². The topological polar surface area (TPSA) is 15.3 Å². The van der Waals surface area contributed by atoms with Crippen LogP contribution < -0.4 is 10.2 Å². The molecule has 0 aliphatic carbocycles. The van der Waals surface area contributed by atoms with Crippen molar-refractivity contribution in [3.63, 3.8) is 0 Å². The van der Waals surface area contributed by atoms with Crippen LogP contribution in [0.3, 0.4) is 0 Å². The molecular formula is C34H26N2. The lowest BCUT2D eigenvalue weighted by atomic mass is 10.0. The number of hydrogen-bond acceptors (Lipinski definition) is 2. The second-order valence-electron chi connectivity index (χ2n) is 8.78. The van der Waals surface area contributed by atoms with Crippen molar-refractivity contribution in [2.45, 2.75) is 0 Å². The monoisotopic (exact) mass is 462 g/mol. The Labute approximate surface area is 212 Å². The Morgan fingerprint density at radius 2 is 0.917 bits per heavy atom. The van der Waals surface area contributed by atoms with E-state index in [1.54, 1.807) is 0 Å². The van der Waals surface area contributed by atoms with Crippen molar-refractivity contribution >= 4 is 39.2 Å². The third-order valence-corrected chi connectivity index (χ3v) is 6.43. The first-order valence-electron chi connectivity index (χ1n) is 12.2. The van der Waals surface area contributed by atoms with Gasteiger partial charge in [-0.15, -0.1) is 0 Å². The summed E-state index contributed by atoms with van der Waals surface area (Å²) in [5.74, 6) is 0. The molecule has 6 aromatic rings. The second kappa shape index (κ2) is 9.81. The van der Waals surface area contributed by atoms with E-state index in [9.17, 15) is 0 Å². The first-order chi connectivity index (χ1) is 17.8. The molecule has 0 aliphatic rings. The SMILES string of the molecule is c1ccc(Nc2ccc(-c3ccc(N(c4ccccc4)c4cccc5ccccc45)cc3)cc2)cc1. The molecule has 0 radical (unpaired) electrons. The summed E-state index contributed by atoms with van der Waals surface area (Å²) in [5.41, 5.74) is 7.98. The molecule has 0 amide bonds. The average Bonchev–Trinajstić information content (AvgIpc) is 2.95. The van der Waals surface area contributed by atoms with Gasteiger partial charge in [0.1, 0.15) is 0 Å². The van der Waals surface area contributed by atoms with Crippen molar-refractivity contribution in [3.8, 4) is 11.1 Å². The van der Waals surface area contributed by atoms with E-state index in [1.165, 1.54) is 27.6 Å². The van der Waals surface area contributed by atoms with Crippen LogP contribution in [-0.4, -0.2) is 0 Å². The number of para-hydroxylation sites is 2. The van der Waals surface area contributed by atoms with E-state index >= 15 is 0 Å². The molecule has 36 heavy (non-hydrogen) atoms. The van der Waals surface area contributed by atoms with Crippen molar-refractivity contribution in [2.75, 3.05) is 10.2 Å². The molecule has 172 valence electrons. The molecule has 0 saturated carbocycles. The van der Waals surface area contributed by atoms with Gasteiger partial charge in [0.15, 0.2) is 0 Å². The Bertz CT molecular complexity index is 1570. The average molecular weight is 463 g/mol. The second-order valence-corrected chi connectivity index (χ2v) is 8.78. The Morgan fingerprint density at radius 3 is 1.64 bits per heavy atom. The van der Waals surface area contributed by atoms with Gasteiger partial charge in [-0.2, -0.15) is 0 Å². The van der Waals surface area contributed by atoms with Crippen LogP contribution in [0.2, 0.25) is 0 Å². The third kappa shape index (κ3) is 4.45. The first kappa shape index (κ1) is 21.7. The summed E-state index contributed by atoms with van der Waals surface area (Å²) in [7, 11) is 0. The van der Waals surface area contributed by atoms with Crippen LogP contribution in [0.15, 0.2) is 152 Å². The lowest BCUT2D eigenvalue weighted by Crippen LogP contribution is -2.10. The summed E-state index contributed by atoms with van der Waals surface area (Å²) in [6.07, 6.45) is 0. The maximum Gasteiger partial charge on any atom is 0.0540 e. The molecule has 0 saturated heterocycles. The van der Waals surface area contributed by atoms with E-state index in [2.05, 4.69) is 144 Å². The van der Waals surface area contributed by atoms with Gasteiger partial charge in [0.2, 0.25) is 0 Å². The molecule has 0 aromatic heterocycles. The Kier molecular flexibility index (Phi) is 5.91. The van der Waals surface area contributed by atoms with Gasteiger partial charge in [-0.1, -0.05) is 97.1 Å². The van der Waals surface area contributed by atoms with Gasteiger partial charge in [0, 0.05) is 28.1 Å². The van der Waals surface area contributed by atoms with Gasteiger partial charge in [-0.25, -0.2) is 0 Å². The van der Waals surface area contributed by atoms with Crippen molar-refractivity contribution in [2.24, 2.45) is 0 Å². The molecule has 0 aliphatic heterocycles. The minimum atomic E-state index is 1.08. The van der Waals surface area contributed by atoms with E-state index in [1.807, 2.05) is 18.2 Å². The van der Waals surface area contributed by atoms with Crippen molar-refractivity contribution in [3.05, 3.63) is 152 Å². The molecule has 6 aromatic carbocycles. The molecule has 0 atom stereocenters. The van der Waals surface area contributed by atoms with Gasteiger partial charge < -0.3 is 10.2 Å². The third-order valence-electron chi connectivity index (χ3n) is 6.43. The predicted molar refractivity (Wildman–Crippen MR) is 154 cm³/mol. The Morgan fingerprint density at radius 1 is 0.389 bits per heavy atom. The highest BCUT2D eigenvalue weighted by molar-refractivity contribution is 5.98. The lowest BCUT2D eigenvalue weighted by Gasteiger charge is -2.27. The summed E-state index contributed by atoms with van der Waals surface area (Å²) >= 11 is 0. The number of rotatable bonds is 6. The fourth-order valence-corrected chi connectivity index (χ4v) is 4.64. The maximum atomic E-state index is 3.45. The summed E-state index contributed by atoms with van der Waals surface area (Å²) in [6, 6.07) is 53.3. The molecule has 0 heterocycles. The fourth-order valence-electron chi connectivity index (χ4n) is 4.64. The molecule has 2 heteroatoms. The first-order valence-corrected chi connectivity index (χ1v) is 12.2. The van der Waals surface area contributed by atoms with Crippen LogP contribution in [-0.2, 0) is 0 Å². The van der Waals surface area contributed by atoms with Crippen LogP contribution in [0.5, 0.6) is 0 Å². The quantitative estimate of drug-likeness (QED) is 0.265. The van der Waals surface area contributed by atoms with Gasteiger partial charge in [0.05, 0.1) is 5.69 Å². The minimum absolute atomic E-state index is 1.08. The van der Waals surface area contributed by atoms with Crippen LogP contribution in [0.1, 0.15) is 0 Å². The molecule has 1 N–H and O–H groups in total. The molecule has 0 bridgehead atoms. The Hall–Kier alpha value is -4.82. The number of nitrogens with one attached hydrogen (secondary N) is 1. The summed E-state index contributed by atoms with van der Waals surface area (Å²) in [6.45, 7) is 0. The normalized spacial score (nSPS) is 10.8. The molecule has 0 spiro atoms. The number of nitrogens with zero attached hydrogens (tertiary/aromatic N) is 1. The maximum absolute atomic E-state index is 3.45. The number of hydrogen-bond donors (Lipinski definition) is 1. The van der Waals surface area contributed by atoms with Gasteiger partial charge in [0.25, 0.3) is 0 Å². The number of fused-ring (bicyclic) bond motifs is 1. The van der Waals surface area contributed by atoms with Crippen molar-refractivity contribution in [1.82, 2.24) is 0 Å². The zero-order chi connectivity index (χ0) is 24.2. The van der Waals surface area contributed by atoms with Crippen molar-refractivity contribution in [1.29, 1.82) is 0 Å². The number of anilines is 5. The Balaban J connectivity index is 1.33. The van der Waals surface area contributed by atoms with E-state index < -0.39 is 0 Å². The van der Waals surface area contributed by atoms with Crippen LogP contribution >= 0.6 is 0 Å². The van der Waals surface area contributed by atoms with E-state index in [0.29, 0.717) is 0 Å². The van der Waals surface area contributed by atoms with Gasteiger partial charge in [-0.05, 0) is 71.1 Å². The summed E-state index contributed by atoms with van der Waals surface area (Å²) in [5, 5.41) is 5.91. The van der Waals surface area contributed by atoms with Gasteiger partial charge >= 0.3 is 0 Å². The molecule has 6 rings (SSSR count). The molecule has 0 fully saturated rings. The van der Waals surface area contributed by atoms with E-state index in [4.69, 9.17) is 0 Å². The minimum Gasteiger partial charge on any atom is -0.356 e. The smallest absolute Gasteiger partial charge is 0.0540 e. The van der Waals surface area contributed by atoms with E-state index in [-0.39, 0.29) is 0 Å². The highest BCUT2D eigenvalue weighted by Gasteiger charge is 2.15. The standard InChI is InChI=1S/C34H26N2/c1-3-12-29(13-4-1)35-30-22-18-26(19-23-30)27-20-24-32(25-21-27)36(31-14-5-2-6-15-31)34-17-9-11-28-10-7-8-16-33(28)34/h1-25,35H. The zero-order valence-corrected chi connectivity index (χ0v) is 19.9. The highest BCUT2D eigenvalue weighted by atomic mass is 15.1. The molecular weight excluding hydrogens is 436 g/mol. The zero-order valence-electron chi connectivity index (χ0n) is 19.9. The largest absolute Gasteiger partial charge is 0.356 e. The predicted octanol–water partition coefficient (Wildman–Crippen LogP) is 9.72. The summed E-state index contributed by atoms with van der Waals surface area (Å²) < 4.78 is 0.